The van der Waals surface area contributed by atoms with Crippen LogP contribution in [0.25, 0.3) is 28.8 Å². The smallest absolute Gasteiger partial charge is 0.147 e. The number of ether oxygens (including phenoxy) is 1. The number of nitrogens with two attached hydrogens (primary N) is 1. The number of aromatic amines is 1. The van der Waals surface area contributed by atoms with Crippen molar-refractivity contribution in [2.45, 2.75) is 6.92 Å². The first-order chi connectivity index (χ1) is 13.0. The fourth-order valence-corrected chi connectivity index (χ4v) is 3.18. The van der Waals surface area contributed by atoms with Crippen LogP contribution in [-0.2, 0) is 0 Å². The molecule has 0 amide bonds. The standard InChI is InChI=1S/C22H22FN3O/c1-5-19-17(10-11-24)18-12-13(2)22(27-4)21(20(18)26-19)25-14(3)15-6-8-16(23)9-7-15/h5-12,25-26H,1,3,24H2,2,4H3/b11-10-. The molecule has 0 aliphatic heterocycles. The third-order valence-corrected chi connectivity index (χ3v) is 4.45. The summed E-state index contributed by atoms with van der Waals surface area (Å²) >= 11 is 0. The third-order valence-electron chi connectivity index (χ3n) is 4.45. The van der Waals surface area contributed by atoms with Gasteiger partial charge < -0.3 is 20.8 Å². The van der Waals surface area contributed by atoms with Crippen LogP contribution in [0.3, 0.4) is 0 Å². The molecule has 3 aromatic rings. The van der Waals surface area contributed by atoms with E-state index in [9.17, 15) is 4.39 Å². The highest BCUT2D eigenvalue weighted by molar-refractivity contribution is 6.04. The van der Waals surface area contributed by atoms with Gasteiger partial charge in [-0.05, 0) is 54.6 Å². The normalized spacial score (nSPS) is 11.1. The van der Waals surface area contributed by atoms with Gasteiger partial charge in [-0.3, -0.25) is 0 Å². The molecular weight excluding hydrogens is 341 g/mol. The van der Waals surface area contributed by atoms with Crippen LogP contribution in [0, 0.1) is 12.7 Å². The van der Waals surface area contributed by atoms with Crippen molar-refractivity contribution in [1.29, 1.82) is 0 Å². The van der Waals surface area contributed by atoms with Gasteiger partial charge in [-0.15, -0.1) is 0 Å². The summed E-state index contributed by atoms with van der Waals surface area (Å²) in [5.74, 6) is 0.409. The van der Waals surface area contributed by atoms with Crippen molar-refractivity contribution in [2.75, 3.05) is 12.4 Å². The maximum Gasteiger partial charge on any atom is 0.147 e. The van der Waals surface area contributed by atoms with Crippen LogP contribution in [0.5, 0.6) is 5.75 Å². The lowest BCUT2D eigenvalue weighted by Gasteiger charge is -2.17. The zero-order valence-electron chi connectivity index (χ0n) is 15.4. The van der Waals surface area contributed by atoms with Gasteiger partial charge in [0, 0.05) is 22.3 Å². The van der Waals surface area contributed by atoms with E-state index in [0.717, 1.165) is 39.0 Å². The van der Waals surface area contributed by atoms with Gasteiger partial charge in [0.05, 0.1) is 12.6 Å². The highest BCUT2D eigenvalue weighted by atomic mass is 19.1. The molecule has 0 saturated heterocycles. The predicted molar refractivity (Wildman–Crippen MR) is 112 cm³/mol. The molecule has 0 saturated carbocycles. The van der Waals surface area contributed by atoms with Crippen LogP contribution in [0.15, 0.2) is 49.7 Å². The lowest BCUT2D eigenvalue weighted by Crippen LogP contribution is -2.02. The second kappa shape index (κ2) is 7.41. The number of rotatable bonds is 6. The number of hydrogen-bond donors (Lipinski definition) is 3. The minimum atomic E-state index is -0.291. The highest BCUT2D eigenvalue weighted by Gasteiger charge is 2.18. The Morgan fingerprint density at radius 2 is 2.00 bits per heavy atom. The Labute approximate surface area is 157 Å². The second-order valence-corrected chi connectivity index (χ2v) is 6.15. The topological polar surface area (TPSA) is 63.1 Å². The van der Waals surface area contributed by atoms with Gasteiger partial charge in [0.15, 0.2) is 0 Å². The summed E-state index contributed by atoms with van der Waals surface area (Å²) in [6.07, 6.45) is 5.08. The molecular formula is C22H22FN3O. The van der Waals surface area contributed by atoms with E-state index < -0.39 is 0 Å². The lowest BCUT2D eigenvalue weighted by atomic mass is 10.0. The minimum Gasteiger partial charge on any atom is -0.494 e. The van der Waals surface area contributed by atoms with E-state index >= 15 is 0 Å². The van der Waals surface area contributed by atoms with Crippen molar-refractivity contribution in [3.05, 3.63) is 77.9 Å². The number of aryl methyl sites for hydroxylation is 1. The van der Waals surface area contributed by atoms with Crippen LogP contribution < -0.4 is 15.8 Å². The van der Waals surface area contributed by atoms with Gasteiger partial charge in [-0.25, -0.2) is 4.39 Å². The minimum absolute atomic E-state index is 0.291. The van der Waals surface area contributed by atoms with Crippen LogP contribution in [0.1, 0.15) is 22.4 Å². The molecule has 2 aromatic carbocycles. The largest absolute Gasteiger partial charge is 0.494 e. The molecule has 0 aliphatic carbocycles. The Hall–Kier alpha value is -3.47. The van der Waals surface area contributed by atoms with Crippen molar-refractivity contribution >= 4 is 34.4 Å². The van der Waals surface area contributed by atoms with Crippen molar-refractivity contribution in [3.63, 3.8) is 0 Å². The maximum atomic E-state index is 13.2. The van der Waals surface area contributed by atoms with Gasteiger partial charge in [0.25, 0.3) is 0 Å². The molecule has 1 aromatic heterocycles. The van der Waals surface area contributed by atoms with Crippen molar-refractivity contribution in [3.8, 4) is 5.75 Å². The van der Waals surface area contributed by atoms with E-state index in [1.54, 1.807) is 25.3 Å². The summed E-state index contributed by atoms with van der Waals surface area (Å²) in [5, 5.41) is 4.31. The molecule has 0 aliphatic rings. The van der Waals surface area contributed by atoms with E-state index in [-0.39, 0.29) is 5.82 Å². The van der Waals surface area contributed by atoms with E-state index in [0.29, 0.717) is 11.4 Å². The Balaban J connectivity index is 2.19. The van der Waals surface area contributed by atoms with Gasteiger partial charge in [0.2, 0.25) is 0 Å². The number of fused-ring (bicyclic) bond motifs is 1. The number of benzene rings is 2. The molecule has 27 heavy (non-hydrogen) atoms. The molecule has 0 fully saturated rings. The molecule has 0 radical (unpaired) electrons. The number of H-pyrrole nitrogens is 1. The van der Waals surface area contributed by atoms with Crippen LogP contribution in [0.4, 0.5) is 10.1 Å². The third kappa shape index (κ3) is 3.31. The SMILES string of the molecule is C=Cc1[nH]c2c(NC(=C)c3ccc(F)cc3)c(OC)c(C)cc2c1/C=C\N. The van der Waals surface area contributed by atoms with E-state index in [1.807, 2.05) is 19.1 Å². The zero-order valence-corrected chi connectivity index (χ0v) is 15.4. The van der Waals surface area contributed by atoms with Crippen LogP contribution >= 0.6 is 0 Å². The maximum absolute atomic E-state index is 13.2. The first kappa shape index (κ1) is 18.3. The number of methoxy groups -OCH3 is 1. The van der Waals surface area contributed by atoms with Gasteiger partial charge in [-0.1, -0.05) is 25.3 Å². The first-order valence-corrected chi connectivity index (χ1v) is 8.46. The fraction of sp³-hybridized carbons (Fsp3) is 0.0909. The van der Waals surface area contributed by atoms with E-state index in [1.165, 1.54) is 18.3 Å². The zero-order chi connectivity index (χ0) is 19.6. The summed E-state index contributed by atoms with van der Waals surface area (Å²) in [4.78, 5) is 3.37. The van der Waals surface area contributed by atoms with Crippen molar-refractivity contribution < 1.29 is 9.13 Å². The molecule has 3 rings (SSSR count). The Bertz CT molecular complexity index is 1050. The second-order valence-electron chi connectivity index (χ2n) is 6.15. The Kier molecular flexibility index (Phi) is 5.03. The number of nitrogens with one attached hydrogen (secondary N) is 2. The van der Waals surface area contributed by atoms with Gasteiger partial charge in [-0.2, -0.15) is 0 Å². The summed E-state index contributed by atoms with van der Waals surface area (Å²) in [5.41, 5.74) is 11.4. The Morgan fingerprint density at radius 3 is 2.59 bits per heavy atom. The van der Waals surface area contributed by atoms with E-state index in [4.69, 9.17) is 10.5 Å². The summed E-state index contributed by atoms with van der Waals surface area (Å²) < 4.78 is 18.8. The molecule has 5 heteroatoms. The summed E-state index contributed by atoms with van der Waals surface area (Å²) in [6.45, 7) is 9.93. The Morgan fingerprint density at radius 1 is 1.30 bits per heavy atom. The quantitative estimate of drug-likeness (QED) is 0.558. The average Bonchev–Trinajstić information content (AvgIpc) is 3.00. The van der Waals surface area contributed by atoms with Gasteiger partial charge in [0.1, 0.15) is 17.3 Å². The summed E-state index contributed by atoms with van der Waals surface area (Å²) in [7, 11) is 1.62. The van der Waals surface area contributed by atoms with Crippen molar-refractivity contribution in [1.82, 2.24) is 4.98 Å². The molecule has 0 atom stereocenters. The molecule has 0 unspecified atom stereocenters. The molecule has 4 nitrogen and oxygen atoms in total. The molecule has 0 bridgehead atoms. The van der Waals surface area contributed by atoms with E-state index in [2.05, 4.69) is 23.5 Å². The van der Waals surface area contributed by atoms with Crippen LogP contribution in [0.2, 0.25) is 0 Å². The number of aromatic nitrogens is 1. The number of anilines is 1. The van der Waals surface area contributed by atoms with Crippen LogP contribution in [-0.4, -0.2) is 12.1 Å². The molecule has 0 spiro atoms. The molecule has 1 heterocycles. The average molecular weight is 363 g/mol. The fourth-order valence-electron chi connectivity index (χ4n) is 3.18. The number of hydrogen-bond acceptors (Lipinski definition) is 3. The predicted octanol–water partition coefficient (Wildman–Crippen LogP) is 5.28. The molecule has 4 N–H and O–H groups in total. The van der Waals surface area contributed by atoms with Gasteiger partial charge >= 0.3 is 0 Å². The first-order valence-electron chi connectivity index (χ1n) is 8.46. The molecule has 138 valence electrons. The summed E-state index contributed by atoms with van der Waals surface area (Å²) in [6, 6.07) is 8.20. The highest BCUT2D eigenvalue weighted by Crippen LogP contribution is 2.40. The lowest BCUT2D eigenvalue weighted by molar-refractivity contribution is 0.414. The number of halogens is 1. The monoisotopic (exact) mass is 363 g/mol. The van der Waals surface area contributed by atoms with Crippen molar-refractivity contribution in [2.24, 2.45) is 5.73 Å².